The molecule has 0 bridgehead atoms. The van der Waals surface area contributed by atoms with Gasteiger partial charge in [0.25, 0.3) is 0 Å². The molecule has 0 radical (unpaired) electrons. The molecule has 0 N–H and O–H groups in total. The van der Waals surface area contributed by atoms with E-state index in [0.717, 1.165) is 23.9 Å². The second kappa shape index (κ2) is 6.45. The number of amides is 2. The molecule has 9 heteroatoms. The van der Waals surface area contributed by atoms with Gasteiger partial charge in [-0.3, -0.25) is 14.3 Å². The average molecular weight is 344 g/mol. The van der Waals surface area contributed by atoms with E-state index in [1.807, 2.05) is 0 Å². The minimum absolute atomic E-state index is 0.0340. The lowest BCUT2D eigenvalue weighted by atomic mass is 10.0. The smallest absolute Gasteiger partial charge is 0.342 e. The lowest BCUT2D eigenvalue weighted by molar-refractivity contribution is -0.142. The van der Waals surface area contributed by atoms with Crippen LogP contribution >= 0.6 is 0 Å². The summed E-state index contributed by atoms with van der Waals surface area (Å²) >= 11 is 0. The molecule has 0 unspecified atom stereocenters. The van der Waals surface area contributed by atoms with Gasteiger partial charge in [-0.1, -0.05) is 0 Å². The highest BCUT2D eigenvalue weighted by Gasteiger charge is 2.38. The Morgan fingerprint density at radius 1 is 1.25 bits per heavy atom. The number of piperidine rings is 1. The number of alkyl halides is 3. The highest BCUT2D eigenvalue weighted by atomic mass is 19.4. The van der Waals surface area contributed by atoms with Crippen molar-refractivity contribution in [2.75, 3.05) is 24.5 Å². The van der Waals surface area contributed by atoms with Crippen LogP contribution in [-0.2, 0) is 16.1 Å². The summed E-state index contributed by atoms with van der Waals surface area (Å²) in [7, 11) is 0. The lowest BCUT2D eigenvalue weighted by Gasteiger charge is -2.28. The van der Waals surface area contributed by atoms with Gasteiger partial charge in [0.05, 0.1) is 17.8 Å². The van der Waals surface area contributed by atoms with Crippen LogP contribution in [0.2, 0.25) is 0 Å². The van der Waals surface area contributed by atoms with Crippen LogP contribution in [0.3, 0.4) is 0 Å². The second-order valence-electron chi connectivity index (χ2n) is 6.30. The van der Waals surface area contributed by atoms with E-state index in [0.29, 0.717) is 18.8 Å². The van der Waals surface area contributed by atoms with Crippen LogP contribution in [0.25, 0.3) is 0 Å². The molecule has 6 nitrogen and oxygen atoms in total. The molecule has 1 aromatic heterocycles. The molecular weight excluding hydrogens is 325 g/mol. The molecule has 0 aromatic carbocycles. The number of halogens is 3. The van der Waals surface area contributed by atoms with Crippen molar-refractivity contribution in [3.8, 4) is 0 Å². The summed E-state index contributed by atoms with van der Waals surface area (Å²) in [5.41, 5.74) is 0.304. The molecule has 2 aliphatic rings. The van der Waals surface area contributed by atoms with Gasteiger partial charge in [-0.2, -0.15) is 18.3 Å². The van der Waals surface area contributed by atoms with Gasteiger partial charge in [-0.25, -0.2) is 0 Å². The zero-order valence-corrected chi connectivity index (χ0v) is 13.1. The highest BCUT2D eigenvalue weighted by Crippen LogP contribution is 2.27. The molecule has 3 heterocycles. The summed E-state index contributed by atoms with van der Waals surface area (Å²) < 4.78 is 37.9. The van der Waals surface area contributed by atoms with E-state index in [4.69, 9.17) is 0 Å². The van der Waals surface area contributed by atoms with Crippen molar-refractivity contribution in [1.82, 2.24) is 14.7 Å². The van der Waals surface area contributed by atoms with E-state index in [1.54, 1.807) is 4.90 Å². The Morgan fingerprint density at radius 2 is 1.96 bits per heavy atom. The third-order valence-corrected chi connectivity index (χ3v) is 4.41. The maximum Gasteiger partial charge on any atom is 0.408 e. The number of likely N-dealkylation sites (tertiary alicyclic amines) is 1. The minimum Gasteiger partial charge on any atom is -0.342 e. The van der Waals surface area contributed by atoms with Gasteiger partial charge in [0.1, 0.15) is 6.54 Å². The Bertz CT molecular complexity index is 622. The topological polar surface area (TPSA) is 58.4 Å². The standard InChI is InChI=1S/C15H19F3N4O2/c16-15(17,18)10-21-9-12(7-19-21)22-8-11(6-13(22)23)14(24)20-4-2-1-3-5-20/h7,9,11H,1-6,8,10H2/t11-/m0/s1. The first kappa shape index (κ1) is 16.8. The third kappa shape index (κ3) is 3.70. The fourth-order valence-electron chi connectivity index (χ4n) is 3.26. The van der Waals surface area contributed by atoms with Crippen molar-refractivity contribution < 1.29 is 22.8 Å². The number of carbonyl (C=O) groups excluding carboxylic acids is 2. The monoisotopic (exact) mass is 344 g/mol. The van der Waals surface area contributed by atoms with E-state index >= 15 is 0 Å². The van der Waals surface area contributed by atoms with Crippen LogP contribution in [0.1, 0.15) is 25.7 Å². The molecule has 24 heavy (non-hydrogen) atoms. The first-order chi connectivity index (χ1) is 11.3. The molecule has 0 spiro atoms. The SMILES string of the molecule is O=C([C@H]1CC(=O)N(c2cnn(CC(F)(F)F)c2)C1)N1CCCCC1. The molecule has 1 aromatic rings. The fraction of sp³-hybridized carbons (Fsp3) is 0.667. The Hall–Kier alpha value is -2.06. The largest absolute Gasteiger partial charge is 0.408 e. The van der Waals surface area contributed by atoms with Gasteiger partial charge >= 0.3 is 6.18 Å². The van der Waals surface area contributed by atoms with Crippen LogP contribution < -0.4 is 4.90 Å². The van der Waals surface area contributed by atoms with Gasteiger partial charge in [0.2, 0.25) is 11.8 Å². The van der Waals surface area contributed by atoms with Crippen LogP contribution in [0, 0.1) is 5.92 Å². The predicted octanol–water partition coefficient (Wildman–Crippen LogP) is 1.81. The molecular formula is C15H19F3N4O2. The Labute approximate surface area is 137 Å². The summed E-state index contributed by atoms with van der Waals surface area (Å²) in [5, 5.41) is 3.65. The molecule has 0 aliphatic carbocycles. The highest BCUT2D eigenvalue weighted by molar-refractivity contribution is 6.00. The van der Waals surface area contributed by atoms with Gasteiger partial charge in [0, 0.05) is 32.3 Å². The summed E-state index contributed by atoms with van der Waals surface area (Å²) in [6.07, 6.45) is 1.21. The van der Waals surface area contributed by atoms with E-state index in [9.17, 15) is 22.8 Å². The van der Waals surface area contributed by atoms with E-state index < -0.39 is 18.6 Å². The van der Waals surface area contributed by atoms with E-state index in [1.165, 1.54) is 17.3 Å². The summed E-state index contributed by atoms with van der Waals surface area (Å²) in [6.45, 7) is 0.428. The normalized spacial score (nSPS) is 22.3. The second-order valence-corrected chi connectivity index (χ2v) is 6.30. The first-order valence-corrected chi connectivity index (χ1v) is 8.02. The van der Waals surface area contributed by atoms with Crippen LogP contribution in [0.5, 0.6) is 0 Å². The van der Waals surface area contributed by atoms with Crippen LogP contribution in [0.15, 0.2) is 12.4 Å². The Balaban J connectivity index is 1.65. The first-order valence-electron chi connectivity index (χ1n) is 8.02. The predicted molar refractivity (Wildman–Crippen MR) is 79.2 cm³/mol. The minimum atomic E-state index is -4.37. The van der Waals surface area contributed by atoms with Gasteiger partial charge in [0.15, 0.2) is 0 Å². The molecule has 1 atom stereocenters. The van der Waals surface area contributed by atoms with Crippen molar-refractivity contribution in [2.24, 2.45) is 5.92 Å². The van der Waals surface area contributed by atoms with Crippen molar-refractivity contribution in [2.45, 2.75) is 38.4 Å². The number of anilines is 1. The number of nitrogens with zero attached hydrogens (tertiary/aromatic N) is 4. The quantitative estimate of drug-likeness (QED) is 0.840. The van der Waals surface area contributed by atoms with E-state index in [-0.39, 0.29) is 24.8 Å². The molecule has 2 aliphatic heterocycles. The maximum atomic E-state index is 12.5. The van der Waals surface area contributed by atoms with E-state index in [2.05, 4.69) is 5.10 Å². The molecule has 0 saturated carbocycles. The van der Waals surface area contributed by atoms with Gasteiger partial charge in [-0.15, -0.1) is 0 Å². The number of hydrogen-bond acceptors (Lipinski definition) is 3. The number of aromatic nitrogens is 2. The van der Waals surface area contributed by atoms with Gasteiger partial charge < -0.3 is 9.80 Å². The van der Waals surface area contributed by atoms with Crippen LogP contribution in [-0.4, -0.2) is 52.3 Å². The molecule has 2 fully saturated rings. The zero-order valence-electron chi connectivity index (χ0n) is 13.1. The van der Waals surface area contributed by atoms with Crippen molar-refractivity contribution in [3.05, 3.63) is 12.4 Å². The molecule has 132 valence electrons. The Kier molecular flexibility index (Phi) is 4.51. The summed E-state index contributed by atoms with van der Waals surface area (Å²) in [6, 6.07) is 0. The summed E-state index contributed by atoms with van der Waals surface area (Å²) in [4.78, 5) is 27.8. The van der Waals surface area contributed by atoms with Crippen LogP contribution in [0.4, 0.5) is 18.9 Å². The summed E-state index contributed by atoms with van der Waals surface area (Å²) in [5.74, 6) is -0.716. The molecule has 2 saturated heterocycles. The lowest BCUT2D eigenvalue weighted by Crippen LogP contribution is -2.40. The van der Waals surface area contributed by atoms with Crippen molar-refractivity contribution in [3.63, 3.8) is 0 Å². The zero-order chi connectivity index (χ0) is 17.3. The maximum absolute atomic E-state index is 12.5. The fourth-order valence-corrected chi connectivity index (χ4v) is 3.26. The average Bonchev–Trinajstić information content (AvgIpc) is 3.12. The Morgan fingerprint density at radius 3 is 2.62 bits per heavy atom. The van der Waals surface area contributed by atoms with Gasteiger partial charge in [-0.05, 0) is 19.3 Å². The molecule has 3 rings (SSSR count). The number of carbonyl (C=O) groups is 2. The van der Waals surface area contributed by atoms with Crippen molar-refractivity contribution >= 4 is 17.5 Å². The number of hydrogen-bond donors (Lipinski definition) is 0. The number of rotatable bonds is 3. The molecule has 2 amide bonds. The third-order valence-electron chi connectivity index (χ3n) is 4.41. The van der Waals surface area contributed by atoms with Crippen molar-refractivity contribution in [1.29, 1.82) is 0 Å².